The fourth-order valence-electron chi connectivity index (χ4n) is 1.47. The number of H-pyrrole nitrogens is 1. The van der Waals surface area contributed by atoms with Gasteiger partial charge in [-0.3, -0.25) is 4.79 Å². The van der Waals surface area contributed by atoms with E-state index in [1.165, 1.54) is 18.2 Å². The first-order valence-electron chi connectivity index (χ1n) is 5.14. The second-order valence-corrected chi connectivity index (χ2v) is 3.45. The lowest BCUT2D eigenvalue weighted by Crippen LogP contribution is -2.26. The number of halogens is 3. The van der Waals surface area contributed by atoms with Gasteiger partial charge >= 0.3 is 6.18 Å². The second-order valence-electron chi connectivity index (χ2n) is 3.45. The summed E-state index contributed by atoms with van der Waals surface area (Å²) in [5.74, 6) is 4.81. The maximum atomic E-state index is 12.7. The number of carbonyl (C=O) groups excluding carboxylic acids is 1. The fraction of sp³-hybridized carbons (Fsp3) is 0.273. The SMILES string of the molecule is CC/C=C(/C(=N\N)C(F)(F)F)c1ccc(C=O)[nH]1. The van der Waals surface area contributed by atoms with Crippen LogP contribution in [-0.2, 0) is 0 Å². The van der Waals surface area contributed by atoms with Crippen molar-refractivity contribution in [3.63, 3.8) is 0 Å². The minimum atomic E-state index is -4.65. The average molecular weight is 259 g/mol. The maximum absolute atomic E-state index is 12.7. The predicted octanol–water partition coefficient (Wildman–Crippen LogP) is 2.50. The molecule has 1 heterocycles. The molecule has 0 radical (unpaired) electrons. The van der Waals surface area contributed by atoms with Gasteiger partial charge in [0.25, 0.3) is 0 Å². The summed E-state index contributed by atoms with van der Waals surface area (Å²) in [5, 5.41) is 2.80. The Bertz CT molecular complexity index is 486. The minimum Gasteiger partial charge on any atom is -0.352 e. The zero-order chi connectivity index (χ0) is 13.8. The molecule has 0 aliphatic rings. The number of hydrogen-bond donors (Lipinski definition) is 2. The zero-order valence-electron chi connectivity index (χ0n) is 9.58. The van der Waals surface area contributed by atoms with E-state index in [1.54, 1.807) is 6.92 Å². The fourth-order valence-corrected chi connectivity index (χ4v) is 1.47. The Kier molecular flexibility index (Phi) is 4.30. The molecule has 0 amide bonds. The van der Waals surface area contributed by atoms with Gasteiger partial charge < -0.3 is 10.8 Å². The standard InChI is InChI=1S/C11H12F3N3O/c1-2-3-8(10(17-15)11(12,13)14)9-5-4-7(6-18)16-9/h3-6,16H,2,15H2,1H3/b8-3+,17-10+. The Balaban J connectivity index is 3.26. The molecule has 0 aromatic carbocycles. The van der Waals surface area contributed by atoms with Crippen LogP contribution in [0, 0.1) is 0 Å². The topological polar surface area (TPSA) is 71.2 Å². The predicted molar refractivity (Wildman–Crippen MR) is 62.1 cm³/mol. The number of allylic oxidation sites excluding steroid dienone is 2. The first-order valence-corrected chi connectivity index (χ1v) is 5.14. The van der Waals surface area contributed by atoms with E-state index in [2.05, 4.69) is 10.1 Å². The highest BCUT2D eigenvalue weighted by atomic mass is 19.4. The Hall–Kier alpha value is -2.05. The van der Waals surface area contributed by atoms with Crippen molar-refractivity contribution in [3.05, 3.63) is 29.6 Å². The minimum absolute atomic E-state index is 0.153. The lowest BCUT2D eigenvalue weighted by Gasteiger charge is -2.12. The van der Waals surface area contributed by atoms with Gasteiger partial charge in [-0.25, -0.2) is 0 Å². The van der Waals surface area contributed by atoms with Gasteiger partial charge in [-0.05, 0) is 18.6 Å². The number of carbonyl (C=O) groups is 1. The van der Waals surface area contributed by atoms with E-state index >= 15 is 0 Å². The molecule has 1 aromatic rings. The van der Waals surface area contributed by atoms with Crippen LogP contribution >= 0.6 is 0 Å². The van der Waals surface area contributed by atoms with E-state index in [9.17, 15) is 18.0 Å². The van der Waals surface area contributed by atoms with Crippen molar-refractivity contribution < 1.29 is 18.0 Å². The number of nitrogens with two attached hydrogens (primary N) is 1. The summed E-state index contributed by atoms with van der Waals surface area (Å²) >= 11 is 0. The molecule has 0 spiro atoms. The van der Waals surface area contributed by atoms with Crippen LogP contribution in [0.15, 0.2) is 23.3 Å². The van der Waals surface area contributed by atoms with Crippen LogP contribution in [-0.4, -0.2) is 23.2 Å². The van der Waals surface area contributed by atoms with Crippen molar-refractivity contribution in [1.82, 2.24) is 4.98 Å². The number of hydrazone groups is 1. The number of aromatic nitrogens is 1. The molecule has 4 nitrogen and oxygen atoms in total. The van der Waals surface area contributed by atoms with Gasteiger partial charge in [0, 0.05) is 11.3 Å². The van der Waals surface area contributed by atoms with Crippen molar-refractivity contribution >= 4 is 17.6 Å². The molecule has 0 bridgehead atoms. The third-order valence-electron chi connectivity index (χ3n) is 2.19. The zero-order valence-corrected chi connectivity index (χ0v) is 9.58. The molecule has 18 heavy (non-hydrogen) atoms. The molecule has 3 N–H and O–H groups in total. The molecule has 0 aliphatic heterocycles. The number of aldehydes is 1. The van der Waals surface area contributed by atoms with Gasteiger partial charge in [0.1, 0.15) is 0 Å². The van der Waals surface area contributed by atoms with Crippen LogP contribution in [0.4, 0.5) is 13.2 Å². The molecular weight excluding hydrogens is 247 g/mol. The largest absolute Gasteiger partial charge is 0.435 e. The van der Waals surface area contributed by atoms with E-state index < -0.39 is 11.9 Å². The highest BCUT2D eigenvalue weighted by Crippen LogP contribution is 2.27. The normalized spacial score (nSPS) is 13.8. The van der Waals surface area contributed by atoms with E-state index in [1.807, 2.05) is 0 Å². The molecule has 0 fully saturated rings. The number of nitrogens with one attached hydrogen (secondary N) is 1. The summed E-state index contributed by atoms with van der Waals surface area (Å²) in [5.41, 5.74) is -1.00. The lowest BCUT2D eigenvalue weighted by molar-refractivity contribution is -0.0573. The van der Waals surface area contributed by atoms with E-state index in [0.717, 1.165) is 0 Å². The van der Waals surface area contributed by atoms with Crippen LogP contribution in [0.25, 0.3) is 5.57 Å². The Morgan fingerprint density at radius 1 is 1.50 bits per heavy atom. The Labute approximate surface area is 101 Å². The monoisotopic (exact) mass is 259 g/mol. The number of rotatable bonds is 4. The van der Waals surface area contributed by atoms with Crippen molar-refractivity contribution in [1.29, 1.82) is 0 Å². The molecule has 1 rings (SSSR count). The van der Waals surface area contributed by atoms with Gasteiger partial charge in [0.15, 0.2) is 12.0 Å². The molecule has 1 aromatic heterocycles. The third-order valence-corrected chi connectivity index (χ3v) is 2.19. The summed E-state index contributed by atoms with van der Waals surface area (Å²) in [6, 6.07) is 2.76. The smallest absolute Gasteiger partial charge is 0.352 e. The Morgan fingerprint density at radius 2 is 2.17 bits per heavy atom. The average Bonchev–Trinajstić information content (AvgIpc) is 2.75. The van der Waals surface area contributed by atoms with E-state index in [0.29, 0.717) is 12.7 Å². The van der Waals surface area contributed by atoms with E-state index in [-0.39, 0.29) is 17.0 Å². The summed E-state index contributed by atoms with van der Waals surface area (Å²) in [6.07, 6.45) is -2.42. The Morgan fingerprint density at radius 3 is 2.56 bits per heavy atom. The number of aromatic amines is 1. The van der Waals surface area contributed by atoms with Crippen LogP contribution in [0.5, 0.6) is 0 Å². The number of hydrogen-bond acceptors (Lipinski definition) is 3. The van der Waals surface area contributed by atoms with E-state index in [4.69, 9.17) is 5.84 Å². The van der Waals surface area contributed by atoms with Crippen molar-refractivity contribution in [2.75, 3.05) is 0 Å². The second kappa shape index (κ2) is 5.52. The van der Waals surface area contributed by atoms with Crippen molar-refractivity contribution in [2.24, 2.45) is 10.9 Å². The van der Waals surface area contributed by atoms with Crippen LogP contribution < -0.4 is 5.84 Å². The van der Waals surface area contributed by atoms with Gasteiger partial charge in [-0.15, -0.1) is 0 Å². The lowest BCUT2D eigenvalue weighted by atomic mass is 10.1. The van der Waals surface area contributed by atoms with Gasteiger partial charge in [0.05, 0.1) is 5.69 Å². The summed E-state index contributed by atoms with van der Waals surface area (Å²) < 4.78 is 38.2. The molecule has 0 saturated heterocycles. The van der Waals surface area contributed by atoms with Crippen molar-refractivity contribution in [2.45, 2.75) is 19.5 Å². The molecule has 0 aliphatic carbocycles. The van der Waals surface area contributed by atoms with Gasteiger partial charge in [-0.2, -0.15) is 18.3 Å². The third kappa shape index (κ3) is 2.99. The molecule has 0 unspecified atom stereocenters. The quantitative estimate of drug-likeness (QED) is 0.377. The highest BCUT2D eigenvalue weighted by Gasteiger charge is 2.38. The molecule has 7 heteroatoms. The first-order chi connectivity index (χ1) is 8.43. The van der Waals surface area contributed by atoms with Crippen LogP contribution in [0.3, 0.4) is 0 Å². The number of nitrogens with zero attached hydrogens (tertiary/aromatic N) is 1. The molecule has 98 valence electrons. The van der Waals surface area contributed by atoms with Crippen LogP contribution in [0.1, 0.15) is 29.5 Å². The molecular formula is C11H12F3N3O. The van der Waals surface area contributed by atoms with Crippen molar-refractivity contribution in [3.8, 4) is 0 Å². The first kappa shape index (κ1) is 14.0. The maximum Gasteiger partial charge on any atom is 0.435 e. The van der Waals surface area contributed by atoms with Gasteiger partial charge in [-0.1, -0.05) is 13.0 Å². The van der Waals surface area contributed by atoms with Crippen LogP contribution in [0.2, 0.25) is 0 Å². The number of alkyl halides is 3. The summed E-state index contributed by atoms with van der Waals surface area (Å²) in [4.78, 5) is 13.1. The molecule has 0 atom stereocenters. The summed E-state index contributed by atoms with van der Waals surface area (Å²) in [6.45, 7) is 1.69. The molecule has 0 saturated carbocycles. The summed E-state index contributed by atoms with van der Waals surface area (Å²) in [7, 11) is 0. The highest BCUT2D eigenvalue weighted by molar-refractivity contribution is 6.26. The van der Waals surface area contributed by atoms with Gasteiger partial charge in [0.2, 0.25) is 0 Å².